The molecule has 18 heavy (non-hydrogen) atoms. The summed E-state index contributed by atoms with van der Waals surface area (Å²) in [5.41, 5.74) is 10.7. The zero-order chi connectivity index (χ0) is 13.9. The highest BCUT2D eigenvalue weighted by atomic mass is 32.2. The quantitative estimate of drug-likeness (QED) is 0.512. The Kier molecular flexibility index (Phi) is 4.28. The fraction of sp³-hybridized carbons (Fsp3) is 0.300. The van der Waals surface area contributed by atoms with Crippen LogP contribution < -0.4 is 16.2 Å². The van der Waals surface area contributed by atoms with Gasteiger partial charge in [0.25, 0.3) is 0 Å². The molecule has 0 fully saturated rings. The van der Waals surface area contributed by atoms with Crippen LogP contribution in [0.3, 0.4) is 0 Å². The van der Waals surface area contributed by atoms with Crippen LogP contribution in [0.5, 0.6) is 0 Å². The maximum absolute atomic E-state index is 11.8. The molecule has 0 radical (unpaired) electrons. The molecule has 0 heterocycles. The number of hydrogen-bond acceptors (Lipinski definition) is 5. The van der Waals surface area contributed by atoms with E-state index in [0.717, 1.165) is 0 Å². The van der Waals surface area contributed by atoms with Gasteiger partial charge in [-0.2, -0.15) is 0 Å². The van der Waals surface area contributed by atoms with E-state index in [-0.39, 0.29) is 22.7 Å². The third kappa shape index (κ3) is 3.42. The maximum atomic E-state index is 11.8. The first-order valence-corrected chi connectivity index (χ1v) is 6.59. The van der Waals surface area contributed by atoms with Crippen LogP contribution in [0.2, 0.25) is 0 Å². The number of carbonyl (C=O) groups excluding carboxylic acids is 1. The summed E-state index contributed by atoms with van der Waals surface area (Å²) in [6.07, 6.45) is -0.814. The second-order valence-corrected chi connectivity index (χ2v) is 5.55. The Morgan fingerprint density at radius 1 is 1.50 bits per heavy atom. The van der Waals surface area contributed by atoms with Gasteiger partial charge in [-0.15, -0.1) is 0 Å². The van der Waals surface area contributed by atoms with Crippen molar-refractivity contribution in [3.8, 4) is 0 Å². The predicted octanol–water partition coefficient (Wildman–Crippen LogP) is -0.973. The number of nitrogen functional groups attached to an aromatic ring is 1. The average Bonchev–Trinajstić information content (AvgIpc) is 2.26. The molecule has 0 aliphatic rings. The van der Waals surface area contributed by atoms with Crippen molar-refractivity contribution in [3.05, 3.63) is 23.8 Å². The Morgan fingerprint density at radius 2 is 2.11 bits per heavy atom. The number of nitrogens with one attached hydrogen (secondary N) is 1. The average molecular weight is 273 g/mol. The number of anilines is 1. The van der Waals surface area contributed by atoms with E-state index in [4.69, 9.17) is 16.6 Å². The zero-order valence-corrected chi connectivity index (χ0v) is 10.6. The Bertz CT molecular complexity index is 554. The van der Waals surface area contributed by atoms with Crippen LogP contribution in [0.25, 0.3) is 0 Å². The Balaban J connectivity index is 3.06. The summed E-state index contributed by atoms with van der Waals surface area (Å²) < 4.78 is 25.8. The van der Waals surface area contributed by atoms with E-state index in [2.05, 4.69) is 4.72 Å². The topological polar surface area (TPSA) is 136 Å². The summed E-state index contributed by atoms with van der Waals surface area (Å²) in [5.74, 6) is -0.692. The van der Waals surface area contributed by atoms with Crippen LogP contribution in [0.15, 0.2) is 23.1 Å². The van der Waals surface area contributed by atoms with E-state index in [1.807, 2.05) is 0 Å². The van der Waals surface area contributed by atoms with Gasteiger partial charge in [0.1, 0.15) is 4.90 Å². The van der Waals surface area contributed by atoms with Gasteiger partial charge in [0.15, 0.2) is 0 Å². The lowest BCUT2D eigenvalue weighted by molar-refractivity contribution is 0.1000. The first-order chi connectivity index (χ1) is 8.24. The maximum Gasteiger partial charge on any atom is 0.248 e. The van der Waals surface area contributed by atoms with Crippen molar-refractivity contribution in [3.63, 3.8) is 0 Å². The smallest absolute Gasteiger partial charge is 0.248 e. The second kappa shape index (κ2) is 5.34. The van der Waals surface area contributed by atoms with Crippen molar-refractivity contribution >= 4 is 21.6 Å². The van der Waals surface area contributed by atoms with Crippen molar-refractivity contribution in [1.82, 2.24) is 4.72 Å². The van der Waals surface area contributed by atoms with Crippen LogP contribution >= 0.6 is 0 Å². The molecule has 0 aliphatic heterocycles. The summed E-state index contributed by atoms with van der Waals surface area (Å²) >= 11 is 0. The van der Waals surface area contributed by atoms with Gasteiger partial charge in [-0.3, -0.25) is 4.79 Å². The minimum atomic E-state index is -3.82. The van der Waals surface area contributed by atoms with Gasteiger partial charge >= 0.3 is 0 Å². The van der Waals surface area contributed by atoms with E-state index in [9.17, 15) is 13.2 Å². The fourth-order valence-corrected chi connectivity index (χ4v) is 2.49. The molecule has 0 aromatic heterocycles. The number of primary amides is 1. The number of hydrogen-bond donors (Lipinski definition) is 4. The minimum absolute atomic E-state index is 0.0793. The molecule has 100 valence electrons. The SMILES string of the molecule is C[C@H](O)CNS(=O)(=O)c1ccc(C(N)=O)cc1N. The highest BCUT2D eigenvalue weighted by Crippen LogP contribution is 2.19. The third-order valence-electron chi connectivity index (χ3n) is 2.15. The number of aliphatic hydroxyl groups excluding tert-OH is 1. The minimum Gasteiger partial charge on any atom is -0.398 e. The van der Waals surface area contributed by atoms with Crippen molar-refractivity contribution < 1.29 is 18.3 Å². The fourth-order valence-electron chi connectivity index (χ4n) is 1.25. The zero-order valence-electron chi connectivity index (χ0n) is 9.75. The first-order valence-electron chi connectivity index (χ1n) is 5.11. The van der Waals surface area contributed by atoms with Crippen molar-refractivity contribution in [2.45, 2.75) is 17.9 Å². The number of aliphatic hydroxyl groups is 1. The summed E-state index contributed by atoms with van der Waals surface area (Å²) in [6.45, 7) is 1.32. The number of nitrogens with two attached hydrogens (primary N) is 2. The van der Waals surface area contributed by atoms with Gasteiger partial charge in [-0.25, -0.2) is 13.1 Å². The van der Waals surface area contributed by atoms with Gasteiger partial charge in [-0.1, -0.05) is 0 Å². The molecule has 6 N–H and O–H groups in total. The van der Waals surface area contributed by atoms with E-state index in [0.29, 0.717) is 0 Å². The normalized spacial score (nSPS) is 13.2. The monoisotopic (exact) mass is 273 g/mol. The van der Waals surface area contributed by atoms with Gasteiger partial charge in [0, 0.05) is 12.1 Å². The highest BCUT2D eigenvalue weighted by Gasteiger charge is 2.18. The summed E-state index contributed by atoms with van der Waals surface area (Å²) in [7, 11) is -3.82. The number of carbonyl (C=O) groups is 1. The van der Waals surface area contributed by atoms with Crippen molar-refractivity contribution in [2.24, 2.45) is 5.73 Å². The molecule has 1 aromatic carbocycles. The van der Waals surface area contributed by atoms with Crippen molar-refractivity contribution in [2.75, 3.05) is 12.3 Å². The molecule has 0 saturated heterocycles. The molecule has 1 atom stereocenters. The van der Waals surface area contributed by atoms with Crippen LogP contribution in [-0.4, -0.2) is 32.1 Å². The molecule has 0 saturated carbocycles. The number of rotatable bonds is 5. The highest BCUT2D eigenvalue weighted by molar-refractivity contribution is 7.89. The summed E-state index contributed by atoms with van der Waals surface area (Å²) in [4.78, 5) is 10.7. The number of sulfonamides is 1. The molecule has 0 bridgehead atoms. The largest absolute Gasteiger partial charge is 0.398 e. The molecular weight excluding hydrogens is 258 g/mol. The van der Waals surface area contributed by atoms with Crippen LogP contribution in [-0.2, 0) is 10.0 Å². The molecule has 0 aliphatic carbocycles. The lowest BCUT2D eigenvalue weighted by Crippen LogP contribution is -2.31. The lowest BCUT2D eigenvalue weighted by atomic mass is 10.2. The van der Waals surface area contributed by atoms with Crippen LogP contribution in [0, 0.1) is 0 Å². The first kappa shape index (κ1) is 14.4. The Labute approximate surface area is 105 Å². The van der Waals surface area contributed by atoms with Crippen molar-refractivity contribution in [1.29, 1.82) is 0 Å². The number of benzene rings is 1. The van der Waals surface area contributed by atoms with Gasteiger partial charge in [-0.05, 0) is 25.1 Å². The molecule has 7 nitrogen and oxygen atoms in total. The molecule has 1 aromatic rings. The number of amides is 1. The van der Waals surface area contributed by atoms with E-state index >= 15 is 0 Å². The lowest BCUT2D eigenvalue weighted by Gasteiger charge is -2.10. The second-order valence-electron chi connectivity index (χ2n) is 3.82. The van der Waals surface area contributed by atoms with E-state index < -0.39 is 22.0 Å². The summed E-state index contributed by atoms with van der Waals surface area (Å²) in [6, 6.07) is 3.66. The van der Waals surface area contributed by atoms with Gasteiger partial charge in [0.2, 0.25) is 15.9 Å². The Hall–Kier alpha value is -1.64. The molecule has 0 spiro atoms. The van der Waals surface area contributed by atoms with Gasteiger partial charge in [0.05, 0.1) is 11.8 Å². The van der Waals surface area contributed by atoms with Crippen LogP contribution in [0.4, 0.5) is 5.69 Å². The summed E-state index contributed by atoms with van der Waals surface area (Å²) in [5, 5.41) is 9.03. The third-order valence-corrected chi connectivity index (χ3v) is 3.65. The van der Waals surface area contributed by atoms with Crippen LogP contribution in [0.1, 0.15) is 17.3 Å². The molecule has 0 unspecified atom stereocenters. The van der Waals surface area contributed by atoms with Gasteiger partial charge < -0.3 is 16.6 Å². The Morgan fingerprint density at radius 3 is 2.56 bits per heavy atom. The van der Waals surface area contributed by atoms with E-state index in [1.165, 1.54) is 25.1 Å². The molecule has 1 amide bonds. The van der Waals surface area contributed by atoms with E-state index in [1.54, 1.807) is 0 Å². The molecule has 8 heteroatoms. The standard InChI is InChI=1S/C10H15N3O4S/c1-6(14)5-13-18(16,17)9-3-2-7(10(12)15)4-8(9)11/h2-4,6,13-14H,5,11H2,1H3,(H2,12,15)/t6-/m0/s1. The molecular formula is C10H15N3O4S. The predicted molar refractivity (Wildman–Crippen MR) is 66.2 cm³/mol. The molecule has 1 rings (SSSR count).